The Morgan fingerprint density at radius 2 is 1.97 bits per heavy atom. The van der Waals surface area contributed by atoms with E-state index in [1.54, 1.807) is 0 Å². The number of rotatable bonds is 6. The van der Waals surface area contributed by atoms with Gasteiger partial charge in [0.1, 0.15) is 5.60 Å². The van der Waals surface area contributed by atoms with Crippen molar-refractivity contribution in [1.29, 1.82) is 0 Å². The summed E-state index contributed by atoms with van der Waals surface area (Å²) in [6.07, 6.45) is 1.85. The molecule has 0 aliphatic carbocycles. The van der Waals surface area contributed by atoms with Crippen molar-refractivity contribution in [2.45, 2.75) is 66.5 Å². The first-order chi connectivity index (χ1) is 14.2. The maximum Gasteiger partial charge on any atom is 0.410 e. The molecule has 1 fully saturated rings. The number of piperidine rings is 1. The van der Waals surface area contributed by atoms with Gasteiger partial charge in [0.15, 0.2) is 5.96 Å². The molecule has 1 aliphatic rings. The molecule has 0 saturated carbocycles. The Balaban J connectivity index is 0.00000480. The normalized spacial score (nSPS) is 15.3. The molecule has 0 bridgehead atoms. The molecule has 1 aliphatic heterocycles. The Kier molecular flexibility index (Phi) is 11.6. The third kappa shape index (κ3) is 9.62. The minimum absolute atomic E-state index is 0. The molecule has 0 radical (unpaired) electrons. The first-order valence-corrected chi connectivity index (χ1v) is 11.2. The molecule has 8 heteroatoms. The minimum atomic E-state index is -0.461. The largest absolute Gasteiger partial charge is 0.444 e. The number of guanidine groups is 1. The molecule has 176 valence electrons. The van der Waals surface area contributed by atoms with Gasteiger partial charge in [-0.1, -0.05) is 6.07 Å². The number of halogens is 1. The number of ether oxygens (including phenoxy) is 1. The van der Waals surface area contributed by atoms with Crippen molar-refractivity contribution in [3.8, 4) is 0 Å². The lowest BCUT2D eigenvalue weighted by atomic mass is 9.96. The predicted molar refractivity (Wildman–Crippen MR) is 137 cm³/mol. The fraction of sp³-hybridized carbons (Fsp3) is 0.696. The number of aromatic nitrogens is 1. The second kappa shape index (κ2) is 13.1. The molecule has 2 rings (SSSR count). The van der Waals surface area contributed by atoms with Crippen molar-refractivity contribution in [3.63, 3.8) is 0 Å². The van der Waals surface area contributed by atoms with E-state index in [1.807, 2.05) is 57.7 Å². The Bertz CT molecular complexity index is 712. The van der Waals surface area contributed by atoms with Gasteiger partial charge in [-0.05, 0) is 72.4 Å². The number of nitrogens with zero attached hydrogens (tertiary/aromatic N) is 4. The molecule has 0 aromatic carbocycles. The van der Waals surface area contributed by atoms with Crippen LogP contribution in [0.15, 0.2) is 23.2 Å². The van der Waals surface area contributed by atoms with Gasteiger partial charge in [0.2, 0.25) is 0 Å². The van der Waals surface area contributed by atoms with Crippen LogP contribution in [0.25, 0.3) is 0 Å². The van der Waals surface area contributed by atoms with E-state index < -0.39 is 5.60 Å². The Labute approximate surface area is 205 Å². The highest BCUT2D eigenvalue weighted by molar-refractivity contribution is 14.0. The molecule has 1 N–H and O–H groups in total. The highest BCUT2D eigenvalue weighted by Gasteiger charge is 2.27. The minimum Gasteiger partial charge on any atom is -0.444 e. The van der Waals surface area contributed by atoms with Crippen LogP contribution in [0.1, 0.15) is 58.8 Å². The quantitative estimate of drug-likeness (QED) is 0.325. The van der Waals surface area contributed by atoms with Gasteiger partial charge < -0.3 is 19.9 Å². The molecular formula is C23H40IN5O2. The molecule has 31 heavy (non-hydrogen) atoms. The number of carbonyl (C=O) groups excluding carboxylic acids is 1. The standard InChI is InChI=1S/C23H39N5O2.HI/c1-7-24-21(25-16-20-11-9-10-18(3)26-20)28-14-12-19(13-15-28)17-27(8-2)22(29)30-23(4,5)6;/h9-11,19H,7-8,12-17H2,1-6H3,(H,24,25);1H. The first kappa shape index (κ1) is 27.5. The number of aryl methyl sites for hydroxylation is 1. The molecule has 1 amide bonds. The topological polar surface area (TPSA) is 70.1 Å². The van der Waals surface area contributed by atoms with Crippen molar-refractivity contribution in [2.24, 2.45) is 10.9 Å². The highest BCUT2D eigenvalue weighted by atomic mass is 127. The smallest absolute Gasteiger partial charge is 0.410 e. The Morgan fingerprint density at radius 3 is 2.52 bits per heavy atom. The van der Waals surface area contributed by atoms with Gasteiger partial charge >= 0.3 is 6.09 Å². The second-order valence-electron chi connectivity index (χ2n) is 8.89. The summed E-state index contributed by atoms with van der Waals surface area (Å²) in [4.78, 5) is 25.9. The zero-order chi connectivity index (χ0) is 22.1. The summed E-state index contributed by atoms with van der Waals surface area (Å²) in [7, 11) is 0. The van der Waals surface area contributed by atoms with Crippen molar-refractivity contribution in [2.75, 3.05) is 32.7 Å². The van der Waals surface area contributed by atoms with Crippen LogP contribution >= 0.6 is 24.0 Å². The maximum atomic E-state index is 12.4. The average Bonchev–Trinajstić information content (AvgIpc) is 2.68. The van der Waals surface area contributed by atoms with Crippen molar-refractivity contribution < 1.29 is 9.53 Å². The summed E-state index contributed by atoms with van der Waals surface area (Å²) < 4.78 is 5.55. The average molecular weight is 546 g/mol. The lowest BCUT2D eigenvalue weighted by Crippen LogP contribution is -2.47. The van der Waals surface area contributed by atoms with Crippen LogP contribution in [-0.4, -0.2) is 65.2 Å². The number of nitrogens with one attached hydrogen (secondary N) is 1. The number of pyridine rings is 1. The van der Waals surface area contributed by atoms with E-state index in [9.17, 15) is 4.79 Å². The van der Waals surface area contributed by atoms with Crippen molar-refractivity contribution >= 4 is 36.0 Å². The van der Waals surface area contributed by atoms with Gasteiger partial charge in [-0.3, -0.25) is 4.98 Å². The summed E-state index contributed by atoms with van der Waals surface area (Å²) >= 11 is 0. The zero-order valence-electron chi connectivity index (χ0n) is 20.0. The summed E-state index contributed by atoms with van der Waals surface area (Å²) in [5.74, 6) is 1.42. The van der Waals surface area contributed by atoms with Crippen LogP contribution in [0, 0.1) is 12.8 Å². The van der Waals surface area contributed by atoms with Crippen LogP contribution in [0.5, 0.6) is 0 Å². The maximum absolute atomic E-state index is 12.4. The first-order valence-electron chi connectivity index (χ1n) is 11.2. The van der Waals surface area contributed by atoms with Crippen LogP contribution < -0.4 is 5.32 Å². The van der Waals surface area contributed by atoms with Gasteiger partial charge in [-0.25, -0.2) is 9.79 Å². The number of carbonyl (C=O) groups is 1. The van der Waals surface area contributed by atoms with E-state index in [1.165, 1.54) is 0 Å². The molecule has 1 aromatic rings. The van der Waals surface area contributed by atoms with Crippen LogP contribution in [0.4, 0.5) is 4.79 Å². The Hall–Kier alpha value is -1.58. The van der Waals surface area contributed by atoms with E-state index in [0.29, 0.717) is 19.0 Å². The van der Waals surface area contributed by atoms with E-state index in [4.69, 9.17) is 9.73 Å². The SMILES string of the molecule is CCNC(=NCc1cccc(C)n1)N1CCC(CN(CC)C(=O)OC(C)(C)C)CC1.I. The van der Waals surface area contributed by atoms with E-state index >= 15 is 0 Å². The zero-order valence-corrected chi connectivity index (χ0v) is 22.3. The third-order valence-corrected chi connectivity index (χ3v) is 5.10. The van der Waals surface area contributed by atoms with E-state index in [-0.39, 0.29) is 30.1 Å². The van der Waals surface area contributed by atoms with Crippen LogP contribution in [-0.2, 0) is 11.3 Å². The van der Waals surface area contributed by atoms with Crippen LogP contribution in [0.2, 0.25) is 0 Å². The van der Waals surface area contributed by atoms with Crippen molar-refractivity contribution in [3.05, 3.63) is 29.6 Å². The van der Waals surface area contributed by atoms with E-state index in [2.05, 4.69) is 22.1 Å². The van der Waals surface area contributed by atoms with Gasteiger partial charge in [0.25, 0.3) is 0 Å². The number of likely N-dealkylation sites (tertiary alicyclic amines) is 1. The molecule has 1 aromatic heterocycles. The van der Waals surface area contributed by atoms with E-state index in [0.717, 1.165) is 56.4 Å². The summed E-state index contributed by atoms with van der Waals surface area (Å²) in [6, 6.07) is 6.04. The number of aliphatic imine (C=N–C) groups is 1. The van der Waals surface area contributed by atoms with Gasteiger partial charge in [0, 0.05) is 38.4 Å². The molecule has 0 spiro atoms. The molecule has 0 atom stereocenters. The van der Waals surface area contributed by atoms with Crippen molar-refractivity contribution in [1.82, 2.24) is 20.1 Å². The van der Waals surface area contributed by atoms with Gasteiger partial charge in [0.05, 0.1) is 12.2 Å². The fourth-order valence-corrected chi connectivity index (χ4v) is 3.57. The summed E-state index contributed by atoms with van der Waals surface area (Å²) in [6.45, 7) is 16.5. The van der Waals surface area contributed by atoms with Crippen LogP contribution in [0.3, 0.4) is 0 Å². The molecule has 1 saturated heterocycles. The highest BCUT2D eigenvalue weighted by Crippen LogP contribution is 2.20. The molecule has 2 heterocycles. The number of hydrogen-bond acceptors (Lipinski definition) is 4. The lowest BCUT2D eigenvalue weighted by Gasteiger charge is -2.36. The Morgan fingerprint density at radius 1 is 1.29 bits per heavy atom. The monoisotopic (exact) mass is 545 g/mol. The number of hydrogen-bond donors (Lipinski definition) is 1. The molecular weight excluding hydrogens is 505 g/mol. The summed E-state index contributed by atoms with van der Waals surface area (Å²) in [5, 5.41) is 3.41. The number of amides is 1. The summed E-state index contributed by atoms with van der Waals surface area (Å²) in [5.41, 5.74) is 1.53. The molecule has 7 nitrogen and oxygen atoms in total. The fourth-order valence-electron chi connectivity index (χ4n) is 3.57. The lowest BCUT2D eigenvalue weighted by molar-refractivity contribution is 0.0214. The molecule has 0 unspecified atom stereocenters. The van der Waals surface area contributed by atoms with Gasteiger partial charge in [-0.15, -0.1) is 24.0 Å². The predicted octanol–water partition coefficient (Wildman–Crippen LogP) is 4.44. The third-order valence-electron chi connectivity index (χ3n) is 5.10. The van der Waals surface area contributed by atoms with Gasteiger partial charge in [-0.2, -0.15) is 0 Å². The second-order valence-corrected chi connectivity index (χ2v) is 8.89.